The number of ether oxygens (including phenoxy) is 2. The Morgan fingerprint density at radius 3 is 2.65 bits per heavy atom. The maximum Gasteiger partial charge on any atom is 0.325 e. The number of halogens is 1. The summed E-state index contributed by atoms with van der Waals surface area (Å²) in [6.45, 7) is 0. The van der Waals surface area contributed by atoms with Crippen molar-refractivity contribution in [3.63, 3.8) is 0 Å². The number of methoxy groups -OCH3 is 2. The van der Waals surface area contributed by atoms with E-state index < -0.39 is 6.03 Å². The molecular formula is C21H21ClN4O4S. The van der Waals surface area contributed by atoms with Gasteiger partial charge in [-0.15, -0.1) is 11.3 Å². The topological polar surface area (TPSA) is 102 Å². The van der Waals surface area contributed by atoms with E-state index in [2.05, 4.69) is 20.9 Å². The molecule has 0 atom stereocenters. The highest BCUT2D eigenvalue weighted by atomic mass is 35.5. The van der Waals surface area contributed by atoms with E-state index in [9.17, 15) is 9.59 Å². The van der Waals surface area contributed by atoms with Crippen LogP contribution in [-0.4, -0.2) is 31.1 Å². The van der Waals surface area contributed by atoms with Crippen LogP contribution in [0.4, 0.5) is 21.3 Å². The van der Waals surface area contributed by atoms with Crippen molar-refractivity contribution in [3.05, 3.63) is 58.6 Å². The molecule has 0 saturated heterocycles. The van der Waals surface area contributed by atoms with Crippen LogP contribution in [0, 0.1) is 0 Å². The normalized spacial score (nSPS) is 10.3. The Morgan fingerprint density at radius 2 is 1.90 bits per heavy atom. The Labute approximate surface area is 188 Å². The zero-order chi connectivity index (χ0) is 22.2. The Kier molecular flexibility index (Phi) is 7.69. The summed E-state index contributed by atoms with van der Waals surface area (Å²) in [5, 5.41) is 10.9. The Morgan fingerprint density at radius 1 is 1.06 bits per heavy atom. The van der Waals surface area contributed by atoms with Crippen molar-refractivity contribution < 1.29 is 19.1 Å². The number of carbonyl (C=O) groups is 2. The van der Waals surface area contributed by atoms with E-state index in [1.54, 1.807) is 55.0 Å². The van der Waals surface area contributed by atoms with E-state index in [4.69, 9.17) is 21.1 Å². The van der Waals surface area contributed by atoms with E-state index in [0.717, 1.165) is 0 Å². The van der Waals surface area contributed by atoms with Gasteiger partial charge in [0.05, 0.1) is 25.6 Å². The number of hydrogen-bond acceptors (Lipinski definition) is 6. The number of nitrogens with one attached hydrogen (secondary N) is 3. The Bertz CT molecular complexity index is 1070. The van der Waals surface area contributed by atoms with Crippen LogP contribution in [0.3, 0.4) is 0 Å². The van der Waals surface area contributed by atoms with Crippen LogP contribution in [-0.2, 0) is 11.2 Å². The quantitative estimate of drug-likeness (QED) is 0.437. The van der Waals surface area contributed by atoms with Crippen LogP contribution in [0.25, 0.3) is 0 Å². The molecular weight excluding hydrogens is 440 g/mol. The molecule has 0 unspecified atom stereocenters. The maximum absolute atomic E-state index is 12.3. The second kappa shape index (κ2) is 10.6. The fraction of sp³-hybridized carbons (Fsp3) is 0.190. The van der Waals surface area contributed by atoms with Gasteiger partial charge in [-0.3, -0.25) is 10.1 Å². The van der Waals surface area contributed by atoms with Gasteiger partial charge in [0.2, 0.25) is 5.91 Å². The van der Waals surface area contributed by atoms with Crippen LogP contribution in [0.15, 0.2) is 47.8 Å². The summed E-state index contributed by atoms with van der Waals surface area (Å²) in [5.74, 6) is 0.968. The monoisotopic (exact) mass is 460 g/mol. The van der Waals surface area contributed by atoms with Gasteiger partial charge in [-0.25, -0.2) is 9.78 Å². The molecule has 3 amide bonds. The number of benzene rings is 2. The summed E-state index contributed by atoms with van der Waals surface area (Å²) < 4.78 is 10.4. The molecule has 0 radical (unpaired) electrons. The summed E-state index contributed by atoms with van der Waals surface area (Å²) in [6, 6.07) is 11.6. The number of thiazole rings is 1. The van der Waals surface area contributed by atoms with Gasteiger partial charge < -0.3 is 20.1 Å². The molecule has 0 bridgehead atoms. The van der Waals surface area contributed by atoms with Crippen molar-refractivity contribution in [1.29, 1.82) is 0 Å². The van der Waals surface area contributed by atoms with E-state index in [1.807, 2.05) is 0 Å². The van der Waals surface area contributed by atoms with Gasteiger partial charge >= 0.3 is 6.03 Å². The van der Waals surface area contributed by atoms with Gasteiger partial charge in [0, 0.05) is 28.6 Å². The van der Waals surface area contributed by atoms with E-state index in [-0.39, 0.29) is 12.3 Å². The number of rotatable bonds is 8. The summed E-state index contributed by atoms with van der Waals surface area (Å²) in [5.41, 5.74) is 1.81. The average molecular weight is 461 g/mol. The smallest absolute Gasteiger partial charge is 0.325 e. The molecule has 10 heteroatoms. The lowest BCUT2D eigenvalue weighted by Crippen LogP contribution is -2.19. The van der Waals surface area contributed by atoms with Gasteiger partial charge in [0.15, 0.2) is 5.13 Å². The third kappa shape index (κ3) is 6.59. The Hall–Kier alpha value is -3.30. The lowest BCUT2D eigenvalue weighted by molar-refractivity contribution is -0.116. The highest BCUT2D eigenvalue weighted by Crippen LogP contribution is 2.29. The minimum absolute atomic E-state index is 0.187. The molecule has 1 heterocycles. The Balaban J connectivity index is 1.51. The molecule has 0 spiro atoms. The third-order valence-electron chi connectivity index (χ3n) is 4.14. The first-order chi connectivity index (χ1) is 15.0. The zero-order valence-corrected chi connectivity index (χ0v) is 18.5. The van der Waals surface area contributed by atoms with Crippen molar-refractivity contribution in [2.45, 2.75) is 12.8 Å². The number of hydrogen-bond donors (Lipinski definition) is 3. The number of carbonyl (C=O) groups excluding carboxylic acids is 2. The highest BCUT2D eigenvalue weighted by Gasteiger charge is 2.12. The number of aromatic nitrogens is 1. The summed E-state index contributed by atoms with van der Waals surface area (Å²) >= 11 is 7.19. The van der Waals surface area contributed by atoms with Gasteiger partial charge in [0.1, 0.15) is 11.5 Å². The highest BCUT2D eigenvalue weighted by molar-refractivity contribution is 7.13. The first-order valence-electron chi connectivity index (χ1n) is 9.26. The van der Waals surface area contributed by atoms with Crippen molar-refractivity contribution in [2.24, 2.45) is 0 Å². The first-order valence-corrected chi connectivity index (χ1v) is 10.5. The predicted octanol–water partition coefficient (Wildman–Crippen LogP) is 5.03. The van der Waals surface area contributed by atoms with Crippen molar-refractivity contribution in [2.75, 3.05) is 30.2 Å². The SMILES string of the molecule is COc1ccc(OC)c(NC(=O)CCc2csc(NC(=O)Nc3cccc(Cl)c3)n2)c1. The third-order valence-corrected chi connectivity index (χ3v) is 5.19. The molecule has 1 aromatic heterocycles. The minimum atomic E-state index is -0.425. The molecule has 3 N–H and O–H groups in total. The molecule has 0 saturated carbocycles. The van der Waals surface area contributed by atoms with Gasteiger partial charge in [-0.1, -0.05) is 17.7 Å². The lowest BCUT2D eigenvalue weighted by Gasteiger charge is -2.11. The molecule has 2 aromatic carbocycles. The summed E-state index contributed by atoms with van der Waals surface area (Å²) in [7, 11) is 3.08. The standard InChI is InChI=1S/C21H21ClN4O4S/c1-29-16-7-8-18(30-2)17(11-16)25-19(27)9-6-15-12-31-21(24-15)26-20(28)23-14-5-3-4-13(22)10-14/h3-5,7-8,10-12H,6,9H2,1-2H3,(H,25,27)(H2,23,24,26,28). The zero-order valence-electron chi connectivity index (χ0n) is 16.9. The predicted molar refractivity (Wildman–Crippen MR) is 123 cm³/mol. The van der Waals surface area contributed by atoms with Gasteiger partial charge in [0.25, 0.3) is 0 Å². The molecule has 0 aliphatic rings. The average Bonchev–Trinajstić information content (AvgIpc) is 3.19. The fourth-order valence-corrected chi connectivity index (χ4v) is 3.60. The van der Waals surface area contributed by atoms with Crippen molar-refractivity contribution >= 4 is 51.4 Å². The maximum atomic E-state index is 12.3. The molecule has 31 heavy (non-hydrogen) atoms. The number of nitrogens with zero attached hydrogens (tertiary/aromatic N) is 1. The molecule has 162 valence electrons. The van der Waals surface area contributed by atoms with E-state index >= 15 is 0 Å². The lowest BCUT2D eigenvalue weighted by atomic mass is 10.2. The van der Waals surface area contributed by atoms with Crippen molar-refractivity contribution in [1.82, 2.24) is 4.98 Å². The first kappa shape index (κ1) is 22.4. The molecule has 0 fully saturated rings. The van der Waals surface area contributed by atoms with Crippen LogP contribution < -0.4 is 25.4 Å². The van der Waals surface area contributed by atoms with Crippen LogP contribution in [0.2, 0.25) is 5.02 Å². The van der Waals surface area contributed by atoms with E-state index in [0.29, 0.717) is 45.1 Å². The fourth-order valence-electron chi connectivity index (χ4n) is 2.67. The molecule has 0 aliphatic carbocycles. The summed E-state index contributed by atoms with van der Waals surface area (Å²) in [6.07, 6.45) is 0.643. The minimum Gasteiger partial charge on any atom is -0.497 e. The summed E-state index contributed by atoms with van der Waals surface area (Å²) in [4.78, 5) is 28.8. The second-order valence-electron chi connectivity index (χ2n) is 6.35. The van der Waals surface area contributed by atoms with Crippen LogP contribution in [0.5, 0.6) is 11.5 Å². The molecule has 0 aliphatic heterocycles. The number of amides is 3. The van der Waals surface area contributed by atoms with E-state index in [1.165, 1.54) is 18.4 Å². The molecule has 3 aromatic rings. The van der Waals surface area contributed by atoms with Crippen LogP contribution >= 0.6 is 22.9 Å². The van der Waals surface area contributed by atoms with Crippen LogP contribution in [0.1, 0.15) is 12.1 Å². The second-order valence-corrected chi connectivity index (χ2v) is 7.64. The number of anilines is 3. The van der Waals surface area contributed by atoms with Gasteiger partial charge in [-0.2, -0.15) is 0 Å². The number of aryl methyl sites for hydroxylation is 1. The largest absolute Gasteiger partial charge is 0.497 e. The van der Waals surface area contributed by atoms with Crippen molar-refractivity contribution in [3.8, 4) is 11.5 Å². The number of urea groups is 1. The molecule has 3 rings (SSSR count). The molecule has 8 nitrogen and oxygen atoms in total. The van der Waals surface area contributed by atoms with Gasteiger partial charge in [-0.05, 0) is 36.8 Å².